The molecule has 6 heteroatoms. The van der Waals surface area contributed by atoms with Crippen LogP contribution in [0.25, 0.3) is 27.8 Å². The second-order valence-electron chi connectivity index (χ2n) is 5.33. The zero-order chi connectivity index (χ0) is 16.7. The van der Waals surface area contributed by atoms with Crippen LogP contribution in [0.15, 0.2) is 61.1 Å². The summed E-state index contributed by atoms with van der Waals surface area (Å²) in [5.41, 5.74) is 9.34. The smallest absolute Gasteiger partial charge is 0.150 e. The maximum atomic E-state index is 13.5. The van der Waals surface area contributed by atoms with Crippen LogP contribution >= 0.6 is 11.6 Å². The Kier molecular flexibility index (Phi) is 3.43. The lowest BCUT2D eigenvalue weighted by Gasteiger charge is -2.05. The van der Waals surface area contributed by atoms with E-state index in [0.29, 0.717) is 17.2 Å². The Morgan fingerprint density at radius 1 is 1.04 bits per heavy atom. The molecule has 2 N–H and O–H groups in total. The van der Waals surface area contributed by atoms with Gasteiger partial charge in [-0.1, -0.05) is 41.9 Å². The number of aromatic nitrogens is 3. The van der Waals surface area contributed by atoms with Crippen LogP contribution in [0.5, 0.6) is 0 Å². The predicted octanol–water partition coefficient (Wildman–Crippen LogP) is 4.46. The minimum atomic E-state index is -0.464. The lowest BCUT2D eigenvalue weighted by atomic mass is 10.1. The van der Waals surface area contributed by atoms with E-state index in [0.717, 1.165) is 16.5 Å². The molecule has 2 aromatic carbocycles. The fourth-order valence-corrected chi connectivity index (χ4v) is 2.93. The largest absolute Gasteiger partial charge is 0.383 e. The normalized spacial score (nSPS) is 11.1. The third kappa shape index (κ3) is 2.30. The summed E-state index contributed by atoms with van der Waals surface area (Å²) in [7, 11) is 0. The summed E-state index contributed by atoms with van der Waals surface area (Å²) in [6.07, 6.45) is 3.32. The number of nitrogens with zero attached hydrogens (tertiary/aromatic N) is 3. The highest BCUT2D eigenvalue weighted by Gasteiger charge is 2.16. The molecule has 4 nitrogen and oxygen atoms in total. The zero-order valence-corrected chi connectivity index (χ0v) is 13.2. The Labute approximate surface area is 142 Å². The van der Waals surface area contributed by atoms with Crippen LogP contribution in [0.1, 0.15) is 0 Å². The van der Waals surface area contributed by atoms with E-state index in [1.54, 1.807) is 12.1 Å². The van der Waals surface area contributed by atoms with E-state index in [-0.39, 0.29) is 5.02 Å². The van der Waals surface area contributed by atoms with Gasteiger partial charge >= 0.3 is 0 Å². The van der Waals surface area contributed by atoms with Gasteiger partial charge in [0.1, 0.15) is 18.0 Å². The monoisotopic (exact) mass is 338 g/mol. The Bertz CT molecular complexity index is 1040. The minimum absolute atomic E-state index is 0.0534. The van der Waals surface area contributed by atoms with Gasteiger partial charge in [0.2, 0.25) is 0 Å². The van der Waals surface area contributed by atoms with E-state index in [2.05, 4.69) is 9.97 Å². The summed E-state index contributed by atoms with van der Waals surface area (Å²) < 4.78 is 15.3. The summed E-state index contributed by atoms with van der Waals surface area (Å²) in [6.45, 7) is 0. The van der Waals surface area contributed by atoms with Crippen LogP contribution in [0, 0.1) is 5.82 Å². The quantitative estimate of drug-likeness (QED) is 0.587. The molecule has 0 fully saturated rings. The summed E-state index contributed by atoms with van der Waals surface area (Å²) in [5, 5.41) is 0.807. The number of fused-ring (bicyclic) bond motifs is 1. The molecule has 0 saturated heterocycles. The van der Waals surface area contributed by atoms with Gasteiger partial charge in [-0.2, -0.15) is 0 Å². The lowest BCUT2D eigenvalue weighted by molar-refractivity contribution is 0.628. The van der Waals surface area contributed by atoms with Gasteiger partial charge in [0.05, 0.1) is 10.4 Å². The summed E-state index contributed by atoms with van der Waals surface area (Å²) in [4.78, 5) is 8.45. The molecule has 0 radical (unpaired) electrons. The lowest BCUT2D eigenvalue weighted by Crippen LogP contribution is -1.97. The summed E-state index contributed by atoms with van der Waals surface area (Å²) in [5.74, 6) is -0.0693. The van der Waals surface area contributed by atoms with Crippen LogP contribution in [0.3, 0.4) is 0 Å². The van der Waals surface area contributed by atoms with E-state index in [1.807, 2.05) is 41.1 Å². The number of hydrogen-bond acceptors (Lipinski definition) is 3. The molecule has 0 spiro atoms. The molecule has 0 aliphatic rings. The highest BCUT2D eigenvalue weighted by Crippen LogP contribution is 2.34. The van der Waals surface area contributed by atoms with E-state index in [1.165, 1.54) is 12.4 Å². The van der Waals surface area contributed by atoms with Crippen molar-refractivity contribution < 1.29 is 4.39 Å². The highest BCUT2D eigenvalue weighted by atomic mass is 35.5. The van der Waals surface area contributed by atoms with Gasteiger partial charge in [-0.15, -0.1) is 0 Å². The fourth-order valence-electron chi connectivity index (χ4n) is 2.75. The number of nitrogen functional groups attached to an aromatic ring is 1. The number of rotatable bonds is 2. The van der Waals surface area contributed by atoms with E-state index < -0.39 is 5.82 Å². The van der Waals surface area contributed by atoms with Crippen LogP contribution in [-0.4, -0.2) is 14.5 Å². The SMILES string of the molecule is Nc1ncnc2c1c(-c1ccccc1)cn2-c1ccc(F)c(Cl)c1. The second kappa shape index (κ2) is 5.62. The first-order valence-electron chi connectivity index (χ1n) is 7.27. The molecule has 24 heavy (non-hydrogen) atoms. The number of benzene rings is 2. The van der Waals surface area contributed by atoms with Gasteiger partial charge in [-0.25, -0.2) is 14.4 Å². The molecule has 0 aliphatic heterocycles. The van der Waals surface area contributed by atoms with E-state index in [4.69, 9.17) is 17.3 Å². The van der Waals surface area contributed by atoms with E-state index >= 15 is 0 Å². The van der Waals surface area contributed by atoms with Crippen molar-refractivity contribution in [2.75, 3.05) is 5.73 Å². The van der Waals surface area contributed by atoms with Crippen molar-refractivity contribution in [3.63, 3.8) is 0 Å². The first kappa shape index (κ1) is 14.7. The summed E-state index contributed by atoms with van der Waals surface area (Å²) >= 11 is 5.92. The maximum absolute atomic E-state index is 13.5. The van der Waals surface area contributed by atoms with Crippen molar-refractivity contribution in [1.29, 1.82) is 0 Å². The molecular formula is C18H12ClFN4. The van der Waals surface area contributed by atoms with Gasteiger partial charge in [0.25, 0.3) is 0 Å². The molecule has 0 bridgehead atoms. The van der Waals surface area contributed by atoms with Crippen LogP contribution in [0.2, 0.25) is 5.02 Å². The Morgan fingerprint density at radius 3 is 2.58 bits per heavy atom. The molecule has 118 valence electrons. The maximum Gasteiger partial charge on any atom is 0.150 e. The van der Waals surface area contributed by atoms with E-state index in [9.17, 15) is 4.39 Å². The van der Waals surface area contributed by atoms with Crippen LogP contribution in [-0.2, 0) is 0 Å². The molecule has 0 unspecified atom stereocenters. The van der Waals surface area contributed by atoms with Crippen molar-refractivity contribution in [3.05, 3.63) is 71.9 Å². The molecular weight excluding hydrogens is 327 g/mol. The standard InChI is InChI=1S/C18H12ClFN4/c19-14-8-12(6-7-15(14)20)24-9-13(11-4-2-1-3-5-11)16-17(21)22-10-23-18(16)24/h1-10H,(H2,21,22,23). The van der Waals surface area contributed by atoms with Crippen molar-refractivity contribution in [1.82, 2.24) is 14.5 Å². The Hall–Kier alpha value is -2.92. The average Bonchev–Trinajstić information content (AvgIpc) is 2.99. The molecule has 0 saturated carbocycles. The molecule has 4 rings (SSSR count). The van der Waals surface area contributed by atoms with Gasteiger partial charge in [0, 0.05) is 17.4 Å². The molecule has 2 heterocycles. The van der Waals surface area contributed by atoms with Crippen molar-refractivity contribution >= 4 is 28.5 Å². The molecule has 0 amide bonds. The first-order valence-corrected chi connectivity index (χ1v) is 7.65. The van der Waals surface area contributed by atoms with Gasteiger partial charge in [0.15, 0.2) is 5.65 Å². The predicted molar refractivity (Wildman–Crippen MR) is 93.7 cm³/mol. The second-order valence-corrected chi connectivity index (χ2v) is 5.74. The molecule has 0 atom stereocenters. The van der Waals surface area contributed by atoms with Crippen LogP contribution < -0.4 is 5.73 Å². The first-order chi connectivity index (χ1) is 11.6. The molecule has 4 aromatic rings. The van der Waals surface area contributed by atoms with Crippen molar-refractivity contribution in [3.8, 4) is 16.8 Å². The zero-order valence-electron chi connectivity index (χ0n) is 12.4. The Morgan fingerprint density at radius 2 is 1.83 bits per heavy atom. The van der Waals surface area contributed by atoms with Gasteiger partial charge in [-0.05, 0) is 23.8 Å². The average molecular weight is 339 g/mol. The number of anilines is 1. The van der Waals surface area contributed by atoms with Crippen LogP contribution in [0.4, 0.5) is 10.2 Å². The third-order valence-electron chi connectivity index (χ3n) is 3.88. The molecule has 0 aliphatic carbocycles. The number of halogens is 2. The van der Waals surface area contributed by atoms with Gasteiger partial charge < -0.3 is 10.3 Å². The highest BCUT2D eigenvalue weighted by molar-refractivity contribution is 6.30. The minimum Gasteiger partial charge on any atom is -0.383 e. The number of nitrogens with two attached hydrogens (primary N) is 1. The topological polar surface area (TPSA) is 56.7 Å². The Balaban J connectivity index is 2.04. The van der Waals surface area contributed by atoms with Crippen molar-refractivity contribution in [2.24, 2.45) is 0 Å². The number of hydrogen-bond donors (Lipinski definition) is 1. The fraction of sp³-hybridized carbons (Fsp3) is 0. The third-order valence-corrected chi connectivity index (χ3v) is 4.17. The summed E-state index contributed by atoms with van der Waals surface area (Å²) in [6, 6.07) is 14.4. The molecule has 2 aromatic heterocycles. The van der Waals surface area contributed by atoms with Gasteiger partial charge in [-0.3, -0.25) is 0 Å². The van der Waals surface area contributed by atoms with Crippen molar-refractivity contribution in [2.45, 2.75) is 0 Å².